The number of piperidine rings is 1. The third kappa shape index (κ3) is 3.70. The number of amides is 2. The van der Waals surface area contributed by atoms with Crippen molar-refractivity contribution in [3.8, 4) is 0 Å². The molecular weight excluding hydrogens is 376 g/mol. The Hall–Kier alpha value is -2.22. The van der Waals surface area contributed by atoms with Gasteiger partial charge in [-0.25, -0.2) is 4.98 Å². The lowest BCUT2D eigenvalue weighted by atomic mass is 9.93. The van der Waals surface area contributed by atoms with Gasteiger partial charge in [0.25, 0.3) is 11.5 Å². The number of fused-ring (bicyclic) bond motifs is 1. The molecule has 1 N–H and O–H groups in total. The highest BCUT2D eigenvalue weighted by molar-refractivity contribution is 7.15. The van der Waals surface area contributed by atoms with Crippen LogP contribution >= 0.6 is 11.3 Å². The van der Waals surface area contributed by atoms with Gasteiger partial charge in [0.15, 0.2) is 4.96 Å². The maximum Gasteiger partial charge on any atom is 0.271 e. The smallest absolute Gasteiger partial charge is 0.271 e. The Morgan fingerprint density at radius 1 is 1.18 bits per heavy atom. The molecule has 1 saturated carbocycles. The minimum atomic E-state index is -0.331. The molecule has 150 valence electrons. The van der Waals surface area contributed by atoms with Crippen LogP contribution in [0.2, 0.25) is 0 Å². The molecular formula is C20H26N4O3S. The second-order valence-corrected chi connectivity index (χ2v) is 8.74. The Morgan fingerprint density at radius 2 is 1.96 bits per heavy atom. The highest BCUT2D eigenvalue weighted by Crippen LogP contribution is 2.21. The standard InChI is InChI=1S/C20H26N4O3S/c1-13-12-28-20-21-10-16(19(27)24(13)20)18(26)23-9-5-6-14(11-23)17(25)22-15-7-3-2-4-8-15/h10,12,14-15H,2-9,11H2,1H3,(H,22,25)/t14-/m0/s1. The van der Waals surface area contributed by atoms with Gasteiger partial charge in [-0.3, -0.25) is 18.8 Å². The van der Waals surface area contributed by atoms with Crippen molar-refractivity contribution < 1.29 is 9.59 Å². The van der Waals surface area contributed by atoms with E-state index in [1.165, 1.54) is 41.2 Å². The van der Waals surface area contributed by atoms with Crippen LogP contribution in [0.25, 0.3) is 4.96 Å². The van der Waals surface area contributed by atoms with Crippen molar-refractivity contribution in [1.82, 2.24) is 19.6 Å². The zero-order chi connectivity index (χ0) is 19.7. The molecule has 2 fully saturated rings. The van der Waals surface area contributed by atoms with Crippen LogP contribution in [0.15, 0.2) is 16.4 Å². The summed E-state index contributed by atoms with van der Waals surface area (Å²) in [6.45, 7) is 2.76. The molecule has 2 aromatic heterocycles. The number of aromatic nitrogens is 2. The van der Waals surface area contributed by atoms with Gasteiger partial charge in [-0.05, 0) is 32.6 Å². The first-order valence-corrected chi connectivity index (χ1v) is 11.0. The van der Waals surface area contributed by atoms with Crippen molar-refractivity contribution in [3.05, 3.63) is 33.2 Å². The number of nitrogens with zero attached hydrogens (tertiary/aromatic N) is 3. The highest BCUT2D eigenvalue weighted by Gasteiger charge is 2.31. The first-order valence-electron chi connectivity index (χ1n) is 10.1. The van der Waals surface area contributed by atoms with Gasteiger partial charge >= 0.3 is 0 Å². The number of likely N-dealkylation sites (tertiary alicyclic amines) is 1. The molecule has 2 aliphatic rings. The van der Waals surface area contributed by atoms with Crippen molar-refractivity contribution in [2.75, 3.05) is 13.1 Å². The van der Waals surface area contributed by atoms with Crippen molar-refractivity contribution in [2.24, 2.45) is 5.92 Å². The monoisotopic (exact) mass is 402 g/mol. The lowest BCUT2D eigenvalue weighted by Gasteiger charge is -2.33. The zero-order valence-corrected chi connectivity index (χ0v) is 17.0. The molecule has 0 bridgehead atoms. The predicted molar refractivity (Wildman–Crippen MR) is 108 cm³/mol. The van der Waals surface area contributed by atoms with E-state index >= 15 is 0 Å². The number of carbonyl (C=O) groups excluding carboxylic acids is 2. The molecule has 28 heavy (non-hydrogen) atoms. The van der Waals surface area contributed by atoms with Crippen LogP contribution in [0.5, 0.6) is 0 Å². The van der Waals surface area contributed by atoms with Crippen LogP contribution in [-0.2, 0) is 4.79 Å². The molecule has 2 amide bonds. The molecule has 0 unspecified atom stereocenters. The Balaban J connectivity index is 1.47. The summed E-state index contributed by atoms with van der Waals surface area (Å²) in [5.74, 6) is -0.488. The molecule has 1 saturated heterocycles. The maximum atomic E-state index is 13.0. The molecule has 0 spiro atoms. The number of aryl methyl sites for hydroxylation is 1. The van der Waals surface area contributed by atoms with Crippen LogP contribution < -0.4 is 10.9 Å². The summed E-state index contributed by atoms with van der Waals surface area (Å²) in [6.07, 6.45) is 8.60. The van der Waals surface area contributed by atoms with Crippen molar-refractivity contribution >= 4 is 28.1 Å². The van der Waals surface area contributed by atoms with E-state index in [1.807, 2.05) is 12.3 Å². The predicted octanol–water partition coefficient (Wildman–Crippen LogP) is 2.37. The Kier molecular flexibility index (Phi) is 5.48. The van der Waals surface area contributed by atoms with Crippen LogP contribution in [0, 0.1) is 12.8 Å². The molecule has 0 radical (unpaired) electrons. The largest absolute Gasteiger partial charge is 0.353 e. The van der Waals surface area contributed by atoms with Crippen LogP contribution in [-0.4, -0.2) is 45.2 Å². The van der Waals surface area contributed by atoms with E-state index in [-0.39, 0.29) is 34.9 Å². The third-order valence-corrected chi connectivity index (χ3v) is 6.84. The SMILES string of the molecule is Cc1csc2ncc(C(=O)N3CCC[C@H](C(=O)NC4CCCCC4)C3)c(=O)n12. The molecule has 1 aliphatic carbocycles. The fourth-order valence-corrected chi connectivity index (χ4v) is 5.11. The summed E-state index contributed by atoms with van der Waals surface area (Å²) in [6, 6.07) is 0.269. The summed E-state index contributed by atoms with van der Waals surface area (Å²) in [7, 11) is 0. The van der Waals surface area contributed by atoms with E-state index in [0.717, 1.165) is 31.4 Å². The second kappa shape index (κ2) is 8.03. The first-order chi connectivity index (χ1) is 13.5. The minimum absolute atomic E-state index is 0.0448. The summed E-state index contributed by atoms with van der Waals surface area (Å²) >= 11 is 1.38. The molecule has 0 aromatic carbocycles. The zero-order valence-electron chi connectivity index (χ0n) is 16.1. The Labute approximate surface area is 167 Å². The topological polar surface area (TPSA) is 83.8 Å². The molecule has 2 aromatic rings. The number of hydrogen-bond acceptors (Lipinski definition) is 5. The summed E-state index contributed by atoms with van der Waals surface area (Å²) < 4.78 is 1.48. The number of thiazole rings is 1. The normalized spacial score (nSPS) is 21.0. The molecule has 8 heteroatoms. The highest BCUT2D eigenvalue weighted by atomic mass is 32.1. The fourth-order valence-electron chi connectivity index (χ4n) is 4.28. The van der Waals surface area contributed by atoms with E-state index in [4.69, 9.17) is 0 Å². The minimum Gasteiger partial charge on any atom is -0.353 e. The summed E-state index contributed by atoms with van der Waals surface area (Å²) in [5.41, 5.74) is 0.519. The van der Waals surface area contributed by atoms with Gasteiger partial charge in [-0.1, -0.05) is 19.3 Å². The fraction of sp³-hybridized carbons (Fsp3) is 0.600. The van der Waals surface area contributed by atoms with Crippen LogP contribution in [0.4, 0.5) is 0 Å². The first kappa shape index (κ1) is 19.1. The second-order valence-electron chi connectivity index (χ2n) is 7.91. The number of rotatable bonds is 3. The maximum absolute atomic E-state index is 13.0. The van der Waals surface area contributed by atoms with Crippen LogP contribution in [0.1, 0.15) is 61.0 Å². The van der Waals surface area contributed by atoms with Crippen molar-refractivity contribution in [1.29, 1.82) is 0 Å². The molecule has 3 heterocycles. The number of hydrogen-bond donors (Lipinski definition) is 1. The van der Waals surface area contributed by atoms with Gasteiger partial charge in [-0.15, -0.1) is 11.3 Å². The number of nitrogens with one attached hydrogen (secondary N) is 1. The average Bonchev–Trinajstić information content (AvgIpc) is 3.10. The van der Waals surface area contributed by atoms with Crippen molar-refractivity contribution in [3.63, 3.8) is 0 Å². The summed E-state index contributed by atoms with van der Waals surface area (Å²) in [4.78, 5) is 45.0. The summed E-state index contributed by atoms with van der Waals surface area (Å²) in [5, 5.41) is 5.03. The van der Waals surface area contributed by atoms with Gasteiger partial charge in [0, 0.05) is 36.4 Å². The number of carbonyl (C=O) groups is 2. The average molecular weight is 403 g/mol. The molecule has 4 rings (SSSR count). The lowest BCUT2D eigenvalue weighted by Crippen LogP contribution is -2.48. The third-order valence-electron chi connectivity index (χ3n) is 5.88. The van der Waals surface area contributed by atoms with E-state index < -0.39 is 0 Å². The van der Waals surface area contributed by atoms with Crippen molar-refractivity contribution in [2.45, 2.75) is 57.9 Å². The molecule has 1 aliphatic heterocycles. The van der Waals surface area contributed by atoms with Gasteiger partial charge in [0.1, 0.15) is 5.56 Å². The lowest BCUT2D eigenvalue weighted by molar-refractivity contribution is -0.127. The van der Waals surface area contributed by atoms with E-state index in [9.17, 15) is 14.4 Å². The van der Waals surface area contributed by atoms with E-state index in [2.05, 4.69) is 10.3 Å². The van der Waals surface area contributed by atoms with Crippen LogP contribution in [0.3, 0.4) is 0 Å². The Morgan fingerprint density at radius 3 is 2.75 bits per heavy atom. The Bertz CT molecular complexity index is 945. The van der Waals surface area contributed by atoms with E-state index in [1.54, 1.807) is 4.90 Å². The van der Waals surface area contributed by atoms with Gasteiger partial charge in [0.05, 0.1) is 5.92 Å². The molecule has 1 atom stereocenters. The van der Waals surface area contributed by atoms with Gasteiger partial charge in [-0.2, -0.15) is 0 Å². The van der Waals surface area contributed by atoms with E-state index in [0.29, 0.717) is 18.1 Å². The van der Waals surface area contributed by atoms with Gasteiger partial charge in [0.2, 0.25) is 5.91 Å². The molecule has 7 nitrogen and oxygen atoms in total. The quantitative estimate of drug-likeness (QED) is 0.854. The van der Waals surface area contributed by atoms with Gasteiger partial charge < -0.3 is 10.2 Å².